The molecule has 0 aliphatic carbocycles. The lowest BCUT2D eigenvalue weighted by atomic mass is 9.91. The first-order chi connectivity index (χ1) is 39.6. The van der Waals surface area contributed by atoms with E-state index in [1.807, 2.05) is 30.3 Å². The van der Waals surface area contributed by atoms with E-state index in [0.717, 1.165) is 111 Å². The Hall–Kier alpha value is -10.8. The number of furan rings is 1. The third kappa shape index (κ3) is 8.42. The normalized spacial score (nSPS) is 11.5. The molecule has 3 heterocycles. The number of nitrogens with zero attached hydrogens (tertiary/aromatic N) is 4. The van der Waals surface area contributed by atoms with Crippen LogP contribution in [0.15, 0.2) is 296 Å². The van der Waals surface area contributed by atoms with E-state index in [1.165, 1.54) is 21.9 Å². The number of hydrogen-bond donors (Lipinski definition) is 0. The van der Waals surface area contributed by atoms with Gasteiger partial charge in [-0.05, 0) is 104 Å². The highest BCUT2D eigenvalue weighted by Gasteiger charge is 2.24. The number of para-hydroxylation sites is 2. The molecular weight excluding hydrogens is 973 g/mol. The first-order valence-electron chi connectivity index (χ1n) is 27.1. The summed E-state index contributed by atoms with van der Waals surface area (Å²) < 4.78 is 8.77. The van der Waals surface area contributed by atoms with Crippen molar-refractivity contribution in [3.8, 4) is 107 Å². The van der Waals surface area contributed by atoms with E-state index in [4.69, 9.17) is 19.4 Å². The minimum atomic E-state index is 0.568. The molecule has 80 heavy (non-hydrogen) atoms. The van der Waals surface area contributed by atoms with Gasteiger partial charge in [0.2, 0.25) is 0 Å². The van der Waals surface area contributed by atoms with Gasteiger partial charge in [0.15, 0.2) is 17.5 Å². The topological polar surface area (TPSA) is 56.7 Å². The first-order valence-corrected chi connectivity index (χ1v) is 27.1. The van der Waals surface area contributed by atoms with Gasteiger partial charge in [-0.25, -0.2) is 15.0 Å². The second kappa shape index (κ2) is 19.7. The minimum absolute atomic E-state index is 0.568. The molecule has 0 amide bonds. The van der Waals surface area contributed by atoms with Crippen LogP contribution >= 0.6 is 0 Å². The molecule has 5 nitrogen and oxygen atoms in total. The average Bonchev–Trinajstić information content (AvgIpc) is 4.13. The van der Waals surface area contributed by atoms with Gasteiger partial charge in [0.1, 0.15) is 11.2 Å². The predicted molar refractivity (Wildman–Crippen MR) is 330 cm³/mol. The summed E-state index contributed by atoms with van der Waals surface area (Å²) in [6, 6.07) is 103. The minimum Gasteiger partial charge on any atom is -0.456 e. The molecule has 15 rings (SSSR count). The lowest BCUT2D eigenvalue weighted by molar-refractivity contribution is 0.669. The molecule has 3 aromatic heterocycles. The van der Waals surface area contributed by atoms with E-state index in [1.54, 1.807) is 0 Å². The molecule has 0 atom stereocenters. The van der Waals surface area contributed by atoms with Crippen LogP contribution in [0.4, 0.5) is 0 Å². The molecule has 0 bridgehead atoms. The van der Waals surface area contributed by atoms with Gasteiger partial charge in [0.25, 0.3) is 0 Å². The Labute approximate surface area is 463 Å². The number of hydrogen-bond acceptors (Lipinski definition) is 4. The van der Waals surface area contributed by atoms with Crippen molar-refractivity contribution in [2.75, 3.05) is 0 Å². The van der Waals surface area contributed by atoms with Crippen molar-refractivity contribution in [3.05, 3.63) is 291 Å². The lowest BCUT2D eigenvalue weighted by Crippen LogP contribution is -2.04. The summed E-state index contributed by atoms with van der Waals surface area (Å²) in [5.41, 5.74) is 20.9. The first kappa shape index (κ1) is 46.5. The highest BCUT2D eigenvalue weighted by Crippen LogP contribution is 2.45. The molecule has 374 valence electrons. The third-order valence-electron chi connectivity index (χ3n) is 15.5. The maximum Gasteiger partial charge on any atom is 0.164 e. The summed E-state index contributed by atoms with van der Waals surface area (Å²) in [5, 5.41) is 4.57. The Kier molecular flexibility index (Phi) is 11.4. The zero-order valence-electron chi connectivity index (χ0n) is 43.4. The summed E-state index contributed by atoms with van der Waals surface area (Å²) in [6.45, 7) is 0. The largest absolute Gasteiger partial charge is 0.456 e. The van der Waals surface area contributed by atoms with Crippen molar-refractivity contribution in [1.29, 1.82) is 0 Å². The van der Waals surface area contributed by atoms with E-state index in [-0.39, 0.29) is 0 Å². The van der Waals surface area contributed by atoms with E-state index in [2.05, 4.69) is 265 Å². The van der Waals surface area contributed by atoms with Crippen LogP contribution in [0.3, 0.4) is 0 Å². The van der Waals surface area contributed by atoms with E-state index >= 15 is 0 Å². The predicted octanol–water partition coefficient (Wildman–Crippen LogP) is 19.9. The number of benzene rings is 12. The van der Waals surface area contributed by atoms with Crippen molar-refractivity contribution in [3.63, 3.8) is 0 Å². The Balaban J connectivity index is 0.961. The molecule has 0 aliphatic heterocycles. The third-order valence-corrected chi connectivity index (χ3v) is 15.5. The molecule has 0 radical (unpaired) electrons. The number of fused-ring (bicyclic) bond motifs is 6. The van der Waals surface area contributed by atoms with Crippen LogP contribution in [0.2, 0.25) is 0 Å². The molecule has 5 heteroatoms. The van der Waals surface area contributed by atoms with Crippen LogP contribution in [-0.2, 0) is 0 Å². The van der Waals surface area contributed by atoms with Crippen LogP contribution in [-0.4, -0.2) is 19.5 Å². The fourth-order valence-electron chi connectivity index (χ4n) is 11.5. The summed E-state index contributed by atoms with van der Waals surface area (Å²) in [5.74, 6) is 1.74. The van der Waals surface area contributed by atoms with Gasteiger partial charge in [-0.2, -0.15) is 0 Å². The lowest BCUT2D eigenvalue weighted by Gasteiger charge is -2.21. The second-order valence-electron chi connectivity index (χ2n) is 20.3. The van der Waals surface area contributed by atoms with Gasteiger partial charge in [-0.1, -0.05) is 243 Å². The molecule has 0 saturated carbocycles. The SMILES string of the molecule is c1ccc(-c2ccc(-c3cc(-c4nc(-c5ccccc5)nc(-c5ccc(-c6ccc7c(c6)oc6ccccc67)cc5)n4)cc(-c4ccc(-c5ccccc5)cc4)c3-n3c4ccccc4c4cc(-c5ccccc5)ccc43)cc2)cc1. The molecule has 12 aromatic carbocycles. The van der Waals surface area contributed by atoms with Crippen LogP contribution in [0.5, 0.6) is 0 Å². The Morgan fingerprint density at radius 3 is 1.16 bits per heavy atom. The standard InChI is InChI=1S/C75H48N4O/c1-5-17-49(18-6-1)52-29-35-55(36-30-52)65-46-61(75-77-73(57-23-11-4-12-24-57)76-74(78-75)58-39-33-54(34-40-58)60-41-43-64-63-26-14-16-28-70(63)80-71(64)48-60)47-66(56-37-31-53(32-38-56)50-19-7-2-8-20-50)72(65)79-68-27-15-13-25-62(68)67-45-59(42-44-69(67)79)51-21-9-3-10-22-51/h1-48H. The van der Waals surface area contributed by atoms with Crippen molar-refractivity contribution >= 4 is 43.7 Å². The van der Waals surface area contributed by atoms with Crippen LogP contribution in [0, 0.1) is 0 Å². The molecule has 0 N–H and O–H groups in total. The fraction of sp³-hybridized carbons (Fsp3) is 0. The highest BCUT2D eigenvalue weighted by molar-refractivity contribution is 6.12. The van der Waals surface area contributed by atoms with Crippen LogP contribution < -0.4 is 0 Å². The Morgan fingerprint density at radius 2 is 0.588 bits per heavy atom. The van der Waals surface area contributed by atoms with Gasteiger partial charge in [-0.3, -0.25) is 0 Å². The summed E-state index contributed by atoms with van der Waals surface area (Å²) in [4.78, 5) is 16.0. The van der Waals surface area contributed by atoms with E-state index in [9.17, 15) is 0 Å². The van der Waals surface area contributed by atoms with Crippen molar-refractivity contribution < 1.29 is 4.42 Å². The van der Waals surface area contributed by atoms with E-state index in [0.29, 0.717) is 17.5 Å². The summed E-state index contributed by atoms with van der Waals surface area (Å²) in [7, 11) is 0. The zero-order chi connectivity index (χ0) is 52.9. The smallest absolute Gasteiger partial charge is 0.164 e. The second-order valence-corrected chi connectivity index (χ2v) is 20.3. The molecule has 0 fully saturated rings. The molecule has 15 aromatic rings. The zero-order valence-corrected chi connectivity index (χ0v) is 43.4. The molecular formula is C75H48N4O. The molecule has 0 saturated heterocycles. The van der Waals surface area contributed by atoms with Crippen molar-refractivity contribution in [2.45, 2.75) is 0 Å². The monoisotopic (exact) mass is 1020 g/mol. The Bertz CT molecular complexity index is 4660. The number of rotatable bonds is 10. The number of aromatic nitrogens is 4. The highest BCUT2D eigenvalue weighted by atomic mass is 16.3. The summed E-state index contributed by atoms with van der Waals surface area (Å²) in [6.07, 6.45) is 0. The van der Waals surface area contributed by atoms with Gasteiger partial charge in [-0.15, -0.1) is 0 Å². The fourth-order valence-corrected chi connectivity index (χ4v) is 11.5. The van der Waals surface area contributed by atoms with Gasteiger partial charge in [0, 0.05) is 49.4 Å². The average molecular weight is 1020 g/mol. The van der Waals surface area contributed by atoms with E-state index < -0.39 is 0 Å². The van der Waals surface area contributed by atoms with Crippen molar-refractivity contribution in [1.82, 2.24) is 19.5 Å². The maximum absolute atomic E-state index is 6.30. The van der Waals surface area contributed by atoms with Gasteiger partial charge < -0.3 is 8.98 Å². The van der Waals surface area contributed by atoms with Gasteiger partial charge in [0.05, 0.1) is 16.7 Å². The molecule has 0 unspecified atom stereocenters. The van der Waals surface area contributed by atoms with Crippen LogP contribution in [0.1, 0.15) is 0 Å². The maximum atomic E-state index is 6.30. The summed E-state index contributed by atoms with van der Waals surface area (Å²) >= 11 is 0. The van der Waals surface area contributed by atoms with Crippen LogP contribution in [0.25, 0.3) is 150 Å². The van der Waals surface area contributed by atoms with Gasteiger partial charge >= 0.3 is 0 Å². The molecule has 0 aliphatic rings. The van der Waals surface area contributed by atoms with Crippen molar-refractivity contribution in [2.24, 2.45) is 0 Å². The Morgan fingerprint density at radius 1 is 0.225 bits per heavy atom. The quantitative estimate of drug-likeness (QED) is 0.137. The molecule has 0 spiro atoms.